The van der Waals surface area contributed by atoms with Gasteiger partial charge in [0.25, 0.3) is 0 Å². The topological polar surface area (TPSA) is 88.0 Å². The summed E-state index contributed by atoms with van der Waals surface area (Å²) >= 11 is 2.01. The number of rotatable bonds is 2. The molecule has 0 aliphatic heterocycles. The lowest BCUT2D eigenvalue weighted by Crippen LogP contribution is -2.17. The molecule has 0 spiro atoms. The van der Waals surface area contributed by atoms with Gasteiger partial charge in [-0.3, -0.25) is 0 Å². The van der Waals surface area contributed by atoms with Crippen LogP contribution in [-0.4, -0.2) is 25.8 Å². The maximum Gasteiger partial charge on any atom is 0.347 e. The zero-order valence-corrected chi connectivity index (χ0v) is 10.0. The van der Waals surface area contributed by atoms with Crippen LogP contribution in [0.4, 0.5) is 0 Å². The van der Waals surface area contributed by atoms with Crippen LogP contribution in [0.5, 0.6) is 0 Å². The Morgan fingerprint density at radius 3 is 2.81 bits per heavy atom. The quantitative estimate of drug-likeness (QED) is 0.799. The van der Waals surface area contributed by atoms with Crippen molar-refractivity contribution in [3.63, 3.8) is 0 Å². The highest BCUT2D eigenvalue weighted by Crippen LogP contribution is 2.16. The van der Waals surface area contributed by atoms with Crippen molar-refractivity contribution in [1.82, 2.24) is 14.8 Å². The molecule has 0 atom stereocenters. The minimum absolute atomic E-state index is 0.0652. The number of aromatic amines is 1. The number of carboxylic acids is 1. The second kappa shape index (κ2) is 4.08. The van der Waals surface area contributed by atoms with Gasteiger partial charge in [-0.15, -0.1) is 0 Å². The number of benzene rings is 1. The number of aromatic carboxylic acids is 1. The van der Waals surface area contributed by atoms with Crippen LogP contribution in [0.3, 0.4) is 0 Å². The minimum Gasteiger partial charge on any atom is -0.478 e. The molecule has 0 radical (unpaired) electrons. The van der Waals surface area contributed by atoms with Gasteiger partial charge in [0.2, 0.25) is 0 Å². The van der Waals surface area contributed by atoms with E-state index in [4.69, 9.17) is 5.11 Å². The SMILES string of the molecule is O=C(O)c1cc(I)ccc1-n1cn[nH]c1=O. The van der Waals surface area contributed by atoms with Gasteiger partial charge in [0, 0.05) is 3.57 Å². The Kier molecular flexibility index (Phi) is 2.77. The number of nitrogens with one attached hydrogen (secondary N) is 1. The Labute approximate surface area is 103 Å². The molecule has 2 rings (SSSR count). The van der Waals surface area contributed by atoms with E-state index in [9.17, 15) is 9.59 Å². The number of hydrogen-bond acceptors (Lipinski definition) is 3. The van der Waals surface area contributed by atoms with Gasteiger partial charge in [-0.2, -0.15) is 5.10 Å². The van der Waals surface area contributed by atoms with Gasteiger partial charge in [0.15, 0.2) is 0 Å². The predicted octanol–water partition coefficient (Wildman–Crippen LogP) is 0.863. The van der Waals surface area contributed by atoms with Crippen molar-refractivity contribution in [2.45, 2.75) is 0 Å². The van der Waals surface area contributed by atoms with Crippen molar-refractivity contribution < 1.29 is 9.90 Å². The molecular weight excluding hydrogens is 325 g/mol. The van der Waals surface area contributed by atoms with Crippen LogP contribution < -0.4 is 5.69 Å². The van der Waals surface area contributed by atoms with Crippen molar-refractivity contribution in [1.29, 1.82) is 0 Å². The summed E-state index contributed by atoms with van der Waals surface area (Å²) in [4.78, 5) is 22.4. The molecule has 0 saturated heterocycles. The molecule has 82 valence electrons. The van der Waals surface area contributed by atoms with Crippen molar-refractivity contribution >= 4 is 28.6 Å². The van der Waals surface area contributed by atoms with Crippen LogP contribution in [0.15, 0.2) is 29.3 Å². The zero-order valence-electron chi connectivity index (χ0n) is 7.85. The van der Waals surface area contributed by atoms with E-state index in [1.54, 1.807) is 12.1 Å². The van der Waals surface area contributed by atoms with Gasteiger partial charge in [-0.25, -0.2) is 19.3 Å². The van der Waals surface area contributed by atoms with Crippen LogP contribution in [0.1, 0.15) is 10.4 Å². The van der Waals surface area contributed by atoms with Gasteiger partial charge in [0.1, 0.15) is 6.33 Å². The highest BCUT2D eigenvalue weighted by molar-refractivity contribution is 14.1. The first-order valence-corrected chi connectivity index (χ1v) is 5.32. The van der Waals surface area contributed by atoms with E-state index in [2.05, 4.69) is 10.2 Å². The summed E-state index contributed by atoms with van der Waals surface area (Å²) in [6, 6.07) is 4.79. The molecular formula is C9H6IN3O3. The fraction of sp³-hybridized carbons (Fsp3) is 0. The van der Waals surface area contributed by atoms with Crippen molar-refractivity contribution in [3.8, 4) is 5.69 Å². The molecule has 6 nitrogen and oxygen atoms in total. The van der Waals surface area contributed by atoms with Crippen LogP contribution in [0.25, 0.3) is 5.69 Å². The van der Waals surface area contributed by atoms with Crippen LogP contribution >= 0.6 is 22.6 Å². The van der Waals surface area contributed by atoms with E-state index in [-0.39, 0.29) is 5.56 Å². The lowest BCUT2D eigenvalue weighted by Gasteiger charge is -2.05. The standard InChI is InChI=1S/C9H6IN3O3/c10-5-1-2-7(6(3-5)8(14)15)13-4-11-12-9(13)16/h1-4H,(H,12,16)(H,14,15). The molecule has 0 amide bonds. The molecule has 2 aromatic rings. The molecule has 0 aliphatic rings. The number of hydrogen-bond donors (Lipinski definition) is 2. The molecule has 1 aromatic carbocycles. The Hall–Kier alpha value is -1.64. The number of nitrogens with zero attached hydrogens (tertiary/aromatic N) is 2. The van der Waals surface area contributed by atoms with E-state index < -0.39 is 11.7 Å². The molecule has 1 heterocycles. The summed E-state index contributed by atoms with van der Waals surface area (Å²) in [5.74, 6) is -1.08. The van der Waals surface area contributed by atoms with E-state index in [0.717, 1.165) is 8.14 Å². The fourth-order valence-corrected chi connectivity index (χ4v) is 1.80. The number of carboxylic acid groups (broad SMARTS) is 1. The van der Waals surface area contributed by atoms with E-state index >= 15 is 0 Å². The average molecular weight is 331 g/mol. The van der Waals surface area contributed by atoms with Crippen LogP contribution in [0.2, 0.25) is 0 Å². The van der Waals surface area contributed by atoms with Gasteiger partial charge < -0.3 is 5.11 Å². The third-order valence-electron chi connectivity index (χ3n) is 2.00. The lowest BCUT2D eigenvalue weighted by atomic mass is 10.2. The molecule has 0 fully saturated rings. The Morgan fingerprint density at radius 2 is 2.25 bits per heavy atom. The first kappa shape index (κ1) is 10.9. The number of aromatic nitrogens is 3. The van der Waals surface area contributed by atoms with Crippen molar-refractivity contribution in [3.05, 3.63) is 44.1 Å². The van der Waals surface area contributed by atoms with Gasteiger partial charge >= 0.3 is 11.7 Å². The predicted molar refractivity (Wildman–Crippen MR) is 63.9 cm³/mol. The highest BCUT2D eigenvalue weighted by atomic mass is 127. The van der Waals surface area contributed by atoms with Crippen molar-refractivity contribution in [2.75, 3.05) is 0 Å². The van der Waals surface area contributed by atoms with Gasteiger partial charge in [-0.05, 0) is 40.8 Å². The van der Waals surface area contributed by atoms with E-state index in [1.807, 2.05) is 22.6 Å². The fourth-order valence-electron chi connectivity index (χ4n) is 1.31. The first-order valence-electron chi connectivity index (χ1n) is 4.25. The third-order valence-corrected chi connectivity index (χ3v) is 2.67. The van der Waals surface area contributed by atoms with Gasteiger partial charge in [-0.1, -0.05) is 0 Å². The lowest BCUT2D eigenvalue weighted by molar-refractivity contribution is 0.0697. The molecule has 0 saturated carbocycles. The van der Waals surface area contributed by atoms with Crippen LogP contribution in [-0.2, 0) is 0 Å². The van der Waals surface area contributed by atoms with Crippen molar-refractivity contribution in [2.24, 2.45) is 0 Å². The largest absolute Gasteiger partial charge is 0.478 e. The molecule has 0 bridgehead atoms. The van der Waals surface area contributed by atoms with E-state index in [0.29, 0.717) is 5.69 Å². The van der Waals surface area contributed by atoms with Crippen LogP contribution in [0, 0.1) is 3.57 Å². The second-order valence-electron chi connectivity index (χ2n) is 3.00. The van der Waals surface area contributed by atoms with E-state index in [1.165, 1.54) is 12.4 Å². The maximum atomic E-state index is 11.3. The smallest absolute Gasteiger partial charge is 0.347 e. The minimum atomic E-state index is -1.08. The molecule has 2 N–H and O–H groups in total. The monoisotopic (exact) mass is 331 g/mol. The number of H-pyrrole nitrogens is 1. The summed E-state index contributed by atoms with van der Waals surface area (Å²) in [5, 5.41) is 14.8. The Bertz CT molecular complexity index is 602. The second-order valence-corrected chi connectivity index (χ2v) is 4.24. The summed E-state index contributed by atoms with van der Waals surface area (Å²) in [5.41, 5.74) is -0.106. The zero-order chi connectivity index (χ0) is 11.7. The Morgan fingerprint density at radius 1 is 1.50 bits per heavy atom. The summed E-state index contributed by atoms with van der Waals surface area (Å²) in [6.07, 6.45) is 1.25. The maximum absolute atomic E-state index is 11.3. The average Bonchev–Trinajstić information content (AvgIpc) is 2.64. The third kappa shape index (κ3) is 1.85. The number of halogens is 1. The van der Waals surface area contributed by atoms with Gasteiger partial charge in [0.05, 0.1) is 11.3 Å². The Balaban J connectivity index is 2.70. The normalized spacial score (nSPS) is 10.3. The summed E-state index contributed by atoms with van der Waals surface area (Å²) in [6.45, 7) is 0. The number of carbonyl (C=O) groups is 1. The molecule has 1 aromatic heterocycles. The molecule has 0 aliphatic carbocycles. The first-order chi connectivity index (χ1) is 7.59. The molecule has 16 heavy (non-hydrogen) atoms. The highest BCUT2D eigenvalue weighted by Gasteiger charge is 2.13. The summed E-state index contributed by atoms with van der Waals surface area (Å²) in [7, 11) is 0. The molecule has 0 unspecified atom stereocenters. The summed E-state index contributed by atoms with van der Waals surface area (Å²) < 4.78 is 1.94. The molecule has 7 heteroatoms.